The second-order valence-corrected chi connectivity index (χ2v) is 7.48. The minimum atomic E-state index is -0.328. The molecule has 0 spiro atoms. The third-order valence-corrected chi connectivity index (χ3v) is 4.99. The Labute approximate surface area is 178 Å². The van der Waals surface area contributed by atoms with Gasteiger partial charge in [0.05, 0.1) is 12.7 Å². The fourth-order valence-electron chi connectivity index (χ4n) is 3.72. The van der Waals surface area contributed by atoms with E-state index in [-0.39, 0.29) is 24.1 Å². The van der Waals surface area contributed by atoms with Crippen LogP contribution in [0.1, 0.15) is 34.3 Å². The van der Waals surface area contributed by atoms with E-state index in [1.165, 1.54) is 18.3 Å². The first-order valence-electron chi connectivity index (χ1n) is 9.51. The van der Waals surface area contributed by atoms with E-state index < -0.39 is 0 Å². The van der Waals surface area contributed by atoms with E-state index >= 15 is 0 Å². The van der Waals surface area contributed by atoms with Crippen molar-refractivity contribution in [2.24, 2.45) is 5.92 Å². The number of carbonyl (C=O) groups is 1. The summed E-state index contributed by atoms with van der Waals surface area (Å²) >= 11 is 0. The number of allylic oxidation sites excluding steroid dienone is 2. The maximum Gasteiger partial charge on any atom is 0.337 e. The van der Waals surface area contributed by atoms with Crippen molar-refractivity contribution in [1.82, 2.24) is 4.90 Å². The Balaban J connectivity index is 0.00000300. The van der Waals surface area contributed by atoms with Crippen LogP contribution in [0.2, 0.25) is 0 Å². The lowest BCUT2D eigenvalue weighted by molar-refractivity contribution is 0.0600. The molecule has 4 nitrogen and oxygen atoms in total. The van der Waals surface area contributed by atoms with E-state index in [1.807, 2.05) is 30.3 Å². The van der Waals surface area contributed by atoms with Crippen LogP contribution in [-0.2, 0) is 4.74 Å². The van der Waals surface area contributed by atoms with Crippen LogP contribution in [0.3, 0.4) is 0 Å². The largest absolute Gasteiger partial charge is 0.508 e. The van der Waals surface area contributed by atoms with Gasteiger partial charge in [0.25, 0.3) is 0 Å². The summed E-state index contributed by atoms with van der Waals surface area (Å²) in [6, 6.07) is 14.9. The summed E-state index contributed by atoms with van der Waals surface area (Å²) in [5.41, 5.74) is 5.05. The molecule has 1 aliphatic rings. The Morgan fingerprint density at radius 3 is 2.66 bits per heavy atom. The van der Waals surface area contributed by atoms with Gasteiger partial charge in [0.1, 0.15) is 5.75 Å². The molecule has 0 amide bonds. The number of rotatable bonds is 5. The molecule has 2 aromatic rings. The number of hydrogen-bond donors (Lipinski definition) is 1. The zero-order chi connectivity index (χ0) is 20.1. The van der Waals surface area contributed by atoms with Crippen molar-refractivity contribution in [2.45, 2.75) is 12.8 Å². The predicted molar refractivity (Wildman–Crippen MR) is 120 cm³/mol. The molecule has 0 saturated heterocycles. The molecule has 0 radical (unpaired) electrons. The monoisotopic (exact) mass is 413 g/mol. The van der Waals surface area contributed by atoms with Gasteiger partial charge in [0.15, 0.2) is 0 Å². The van der Waals surface area contributed by atoms with Crippen molar-refractivity contribution in [1.29, 1.82) is 0 Å². The normalized spacial score (nSPS) is 17.6. The number of carbonyl (C=O) groups excluding carboxylic acids is 1. The SMILES string of the molecule is COC(=O)c1cccc(C=C2C=C(c3cccc(O)c3)C(CN(C)C)CC2)c1.Cl. The van der Waals surface area contributed by atoms with Crippen LogP contribution >= 0.6 is 12.4 Å². The third-order valence-electron chi connectivity index (χ3n) is 4.99. The smallest absolute Gasteiger partial charge is 0.337 e. The minimum Gasteiger partial charge on any atom is -0.508 e. The number of nitrogens with zero attached hydrogens (tertiary/aromatic N) is 1. The molecule has 2 aromatic carbocycles. The minimum absolute atomic E-state index is 0. The number of phenolic OH excluding ortho intramolecular Hbond substituents is 1. The average Bonchev–Trinajstić information content (AvgIpc) is 2.68. The molecule has 1 aliphatic carbocycles. The third kappa shape index (κ3) is 5.96. The van der Waals surface area contributed by atoms with Crippen molar-refractivity contribution in [3.8, 4) is 5.75 Å². The predicted octanol–water partition coefficient (Wildman–Crippen LogP) is 5.04. The summed E-state index contributed by atoms with van der Waals surface area (Å²) in [4.78, 5) is 14.0. The van der Waals surface area contributed by atoms with E-state index in [1.54, 1.807) is 12.1 Å². The zero-order valence-electron chi connectivity index (χ0n) is 17.1. The fourth-order valence-corrected chi connectivity index (χ4v) is 3.72. The number of phenols is 1. The van der Waals surface area contributed by atoms with Crippen LogP contribution in [0, 0.1) is 5.92 Å². The van der Waals surface area contributed by atoms with Gasteiger partial charge >= 0.3 is 5.97 Å². The average molecular weight is 414 g/mol. The molecule has 0 fully saturated rings. The fraction of sp³-hybridized carbons (Fsp3) is 0.292. The van der Waals surface area contributed by atoms with Crippen LogP contribution in [0.5, 0.6) is 5.75 Å². The Morgan fingerprint density at radius 1 is 1.21 bits per heavy atom. The quantitative estimate of drug-likeness (QED) is 0.697. The van der Waals surface area contributed by atoms with Gasteiger partial charge in [-0.05, 0) is 79.4 Å². The van der Waals surface area contributed by atoms with E-state index in [0.29, 0.717) is 11.5 Å². The van der Waals surface area contributed by atoms with E-state index in [0.717, 1.165) is 30.5 Å². The number of aromatic hydroxyl groups is 1. The van der Waals surface area contributed by atoms with Gasteiger partial charge < -0.3 is 14.7 Å². The topological polar surface area (TPSA) is 49.8 Å². The first-order valence-corrected chi connectivity index (χ1v) is 9.51. The van der Waals surface area contributed by atoms with Gasteiger partial charge in [-0.25, -0.2) is 4.79 Å². The van der Waals surface area contributed by atoms with Gasteiger partial charge in [0, 0.05) is 6.54 Å². The lowest BCUT2D eigenvalue weighted by Crippen LogP contribution is -2.24. The highest BCUT2D eigenvalue weighted by Crippen LogP contribution is 2.36. The summed E-state index contributed by atoms with van der Waals surface area (Å²) < 4.78 is 4.82. The number of esters is 1. The summed E-state index contributed by atoms with van der Waals surface area (Å²) in [5, 5.41) is 9.92. The second-order valence-electron chi connectivity index (χ2n) is 7.48. The second kappa shape index (κ2) is 10.3. The molecule has 0 heterocycles. The van der Waals surface area contributed by atoms with Crippen molar-refractivity contribution >= 4 is 30.0 Å². The number of hydrogen-bond acceptors (Lipinski definition) is 4. The lowest BCUT2D eigenvalue weighted by atomic mass is 9.81. The van der Waals surface area contributed by atoms with E-state index in [4.69, 9.17) is 4.74 Å². The Morgan fingerprint density at radius 2 is 1.97 bits per heavy atom. The maximum absolute atomic E-state index is 11.8. The first-order chi connectivity index (χ1) is 13.5. The van der Waals surface area contributed by atoms with Crippen LogP contribution < -0.4 is 0 Å². The molecule has 0 aromatic heterocycles. The summed E-state index contributed by atoms with van der Waals surface area (Å²) in [6.07, 6.45) is 6.38. The molecular formula is C24H28ClNO3. The molecule has 0 bridgehead atoms. The highest BCUT2D eigenvalue weighted by atomic mass is 35.5. The van der Waals surface area contributed by atoms with Crippen molar-refractivity contribution in [3.63, 3.8) is 0 Å². The molecule has 5 heteroatoms. The molecule has 29 heavy (non-hydrogen) atoms. The molecule has 154 valence electrons. The molecule has 0 aliphatic heterocycles. The summed E-state index contributed by atoms with van der Waals surface area (Å²) in [6.45, 7) is 0.965. The lowest BCUT2D eigenvalue weighted by Gasteiger charge is -2.28. The molecule has 1 unspecified atom stereocenters. The first kappa shape index (κ1) is 22.7. The Bertz CT molecular complexity index is 918. The van der Waals surface area contributed by atoms with Gasteiger partial charge in [-0.2, -0.15) is 0 Å². The molecule has 3 rings (SSSR count). The highest BCUT2D eigenvalue weighted by Gasteiger charge is 2.22. The standard InChI is InChI=1S/C24H27NO3.ClH/c1-25(2)16-21-11-10-18(14-23(21)19-7-5-9-22(26)15-19)12-17-6-4-8-20(13-17)24(27)28-3;/h4-9,12-15,21,26H,10-11,16H2,1-3H3;1H. The maximum atomic E-state index is 11.8. The van der Waals surface area contributed by atoms with Crippen LogP contribution in [-0.4, -0.2) is 43.7 Å². The van der Waals surface area contributed by atoms with E-state index in [2.05, 4.69) is 37.2 Å². The van der Waals surface area contributed by atoms with Crippen LogP contribution in [0.25, 0.3) is 11.6 Å². The summed E-state index contributed by atoms with van der Waals surface area (Å²) in [7, 11) is 5.57. The van der Waals surface area contributed by atoms with Gasteiger partial charge in [-0.1, -0.05) is 36.4 Å². The molecule has 0 saturated carbocycles. The highest BCUT2D eigenvalue weighted by molar-refractivity contribution is 5.90. The van der Waals surface area contributed by atoms with Gasteiger partial charge in [-0.3, -0.25) is 0 Å². The van der Waals surface area contributed by atoms with Gasteiger partial charge in [-0.15, -0.1) is 12.4 Å². The van der Waals surface area contributed by atoms with Crippen molar-refractivity contribution < 1.29 is 14.6 Å². The van der Waals surface area contributed by atoms with E-state index in [9.17, 15) is 9.90 Å². The van der Waals surface area contributed by atoms with Crippen LogP contribution in [0.4, 0.5) is 0 Å². The number of methoxy groups -OCH3 is 1. The number of halogens is 1. The number of benzene rings is 2. The Kier molecular flexibility index (Phi) is 8.06. The van der Waals surface area contributed by atoms with Gasteiger partial charge in [0.2, 0.25) is 0 Å². The van der Waals surface area contributed by atoms with Crippen LogP contribution in [0.15, 0.2) is 60.2 Å². The molecule has 1 N–H and O–H groups in total. The molecule has 1 atom stereocenters. The number of ether oxygens (including phenoxy) is 1. The van der Waals surface area contributed by atoms with Crippen molar-refractivity contribution in [3.05, 3.63) is 76.9 Å². The molecular weight excluding hydrogens is 386 g/mol. The van der Waals surface area contributed by atoms with Crippen molar-refractivity contribution in [2.75, 3.05) is 27.7 Å². The Hall–Kier alpha value is -2.56. The zero-order valence-corrected chi connectivity index (χ0v) is 17.9. The summed E-state index contributed by atoms with van der Waals surface area (Å²) in [5.74, 6) is 0.366.